The Morgan fingerprint density at radius 2 is 1.77 bits per heavy atom. The number of hydrogen-bond donors (Lipinski definition) is 1. The third-order valence-electron chi connectivity index (χ3n) is 5.12. The fourth-order valence-corrected chi connectivity index (χ4v) is 3.75. The minimum Gasteiger partial charge on any atom is -0.342 e. The van der Waals surface area contributed by atoms with Crippen molar-refractivity contribution in [3.63, 3.8) is 0 Å². The van der Waals surface area contributed by atoms with E-state index < -0.39 is 0 Å². The fourth-order valence-electron chi connectivity index (χ4n) is 3.75. The SMILES string of the molecule is CC(C)C(Cc1ccccc1)C(=O)N1C[C@H]2CNC[C@H]2C1.Cl. The summed E-state index contributed by atoms with van der Waals surface area (Å²) in [7, 11) is 0. The molecule has 2 fully saturated rings. The van der Waals surface area contributed by atoms with Crippen LogP contribution in [0.1, 0.15) is 19.4 Å². The van der Waals surface area contributed by atoms with Gasteiger partial charge in [-0.3, -0.25) is 4.79 Å². The third kappa shape index (κ3) is 3.64. The van der Waals surface area contributed by atoms with Gasteiger partial charge in [0.15, 0.2) is 0 Å². The summed E-state index contributed by atoms with van der Waals surface area (Å²) in [6, 6.07) is 10.4. The molecule has 0 aromatic heterocycles. The topological polar surface area (TPSA) is 32.3 Å². The predicted octanol–water partition coefficient (Wildman–Crippen LogP) is 2.60. The molecule has 0 radical (unpaired) electrons. The Bertz CT molecular complexity index is 479. The molecule has 1 amide bonds. The zero-order chi connectivity index (χ0) is 14.8. The van der Waals surface area contributed by atoms with Gasteiger partial charge in [-0.1, -0.05) is 44.2 Å². The molecule has 1 aromatic carbocycles. The van der Waals surface area contributed by atoms with Crippen molar-refractivity contribution in [1.29, 1.82) is 0 Å². The van der Waals surface area contributed by atoms with Crippen molar-refractivity contribution in [2.24, 2.45) is 23.7 Å². The molecule has 0 bridgehead atoms. The van der Waals surface area contributed by atoms with Crippen LogP contribution in [-0.2, 0) is 11.2 Å². The van der Waals surface area contributed by atoms with E-state index in [1.165, 1.54) is 5.56 Å². The van der Waals surface area contributed by atoms with Gasteiger partial charge >= 0.3 is 0 Å². The molecule has 122 valence electrons. The normalized spacial score (nSPS) is 25.0. The van der Waals surface area contributed by atoms with Crippen LogP contribution in [0.3, 0.4) is 0 Å². The maximum absolute atomic E-state index is 12.9. The van der Waals surface area contributed by atoms with E-state index in [9.17, 15) is 4.79 Å². The monoisotopic (exact) mass is 322 g/mol. The molecule has 2 heterocycles. The molecule has 0 spiro atoms. The molecule has 0 saturated carbocycles. The number of fused-ring (bicyclic) bond motifs is 1. The molecule has 1 N–H and O–H groups in total. The number of likely N-dealkylation sites (tertiary alicyclic amines) is 1. The van der Waals surface area contributed by atoms with Crippen LogP contribution < -0.4 is 5.32 Å². The maximum atomic E-state index is 12.9. The molecule has 4 heteroatoms. The van der Waals surface area contributed by atoms with Gasteiger partial charge in [-0.2, -0.15) is 0 Å². The number of rotatable bonds is 4. The van der Waals surface area contributed by atoms with Gasteiger partial charge in [0.2, 0.25) is 5.91 Å². The van der Waals surface area contributed by atoms with Crippen molar-refractivity contribution in [2.75, 3.05) is 26.2 Å². The maximum Gasteiger partial charge on any atom is 0.226 e. The highest BCUT2D eigenvalue weighted by atomic mass is 35.5. The summed E-state index contributed by atoms with van der Waals surface area (Å²) >= 11 is 0. The van der Waals surface area contributed by atoms with Crippen LogP contribution in [0.5, 0.6) is 0 Å². The number of benzene rings is 1. The molecule has 22 heavy (non-hydrogen) atoms. The predicted molar refractivity (Wildman–Crippen MR) is 92.2 cm³/mol. The minimum absolute atomic E-state index is 0. The minimum atomic E-state index is 0. The highest BCUT2D eigenvalue weighted by molar-refractivity contribution is 5.85. The molecule has 3 rings (SSSR count). The fraction of sp³-hybridized carbons (Fsp3) is 0.611. The van der Waals surface area contributed by atoms with Crippen LogP contribution in [0.25, 0.3) is 0 Å². The van der Waals surface area contributed by atoms with Gasteiger partial charge in [0.25, 0.3) is 0 Å². The van der Waals surface area contributed by atoms with Crippen molar-refractivity contribution < 1.29 is 4.79 Å². The van der Waals surface area contributed by atoms with Crippen LogP contribution in [0.2, 0.25) is 0 Å². The lowest BCUT2D eigenvalue weighted by atomic mass is 9.88. The zero-order valence-corrected chi connectivity index (χ0v) is 14.3. The summed E-state index contributed by atoms with van der Waals surface area (Å²) in [6.45, 7) is 8.41. The van der Waals surface area contributed by atoms with E-state index in [2.05, 4.69) is 48.3 Å². The van der Waals surface area contributed by atoms with Gasteiger partial charge in [0, 0.05) is 32.1 Å². The van der Waals surface area contributed by atoms with E-state index in [0.29, 0.717) is 23.7 Å². The second kappa shape index (κ2) is 7.47. The molecule has 2 aliphatic heterocycles. The molecule has 1 aromatic rings. The number of carbonyl (C=O) groups is 1. The van der Waals surface area contributed by atoms with Gasteiger partial charge in [-0.15, -0.1) is 12.4 Å². The number of amides is 1. The van der Waals surface area contributed by atoms with E-state index >= 15 is 0 Å². The quantitative estimate of drug-likeness (QED) is 0.924. The Labute approximate surface area is 139 Å². The standard InChI is InChI=1S/C18H26N2O.ClH/c1-13(2)17(8-14-6-4-3-5-7-14)18(21)20-11-15-9-19-10-16(15)12-20;/h3-7,13,15-17,19H,8-12H2,1-2H3;1H/t15-,16+,17?;. The first-order valence-corrected chi connectivity index (χ1v) is 8.18. The van der Waals surface area contributed by atoms with Crippen molar-refractivity contribution >= 4 is 18.3 Å². The number of halogens is 1. The van der Waals surface area contributed by atoms with E-state index in [-0.39, 0.29) is 18.3 Å². The number of carbonyl (C=O) groups excluding carboxylic acids is 1. The smallest absolute Gasteiger partial charge is 0.226 e. The Morgan fingerprint density at radius 1 is 1.18 bits per heavy atom. The second-order valence-electron chi connectivity index (χ2n) is 6.96. The summed E-state index contributed by atoms with van der Waals surface area (Å²) < 4.78 is 0. The van der Waals surface area contributed by atoms with Crippen LogP contribution >= 0.6 is 12.4 Å². The summed E-state index contributed by atoms with van der Waals surface area (Å²) in [4.78, 5) is 15.1. The lowest BCUT2D eigenvalue weighted by Crippen LogP contribution is -2.39. The Morgan fingerprint density at radius 3 is 2.32 bits per heavy atom. The third-order valence-corrected chi connectivity index (χ3v) is 5.12. The lowest BCUT2D eigenvalue weighted by Gasteiger charge is -2.27. The molecule has 3 nitrogen and oxygen atoms in total. The van der Waals surface area contributed by atoms with E-state index in [0.717, 1.165) is 32.6 Å². The van der Waals surface area contributed by atoms with Crippen molar-refractivity contribution in [3.8, 4) is 0 Å². The summed E-state index contributed by atoms with van der Waals surface area (Å²) in [5.41, 5.74) is 1.27. The highest BCUT2D eigenvalue weighted by Gasteiger charge is 2.40. The Kier molecular flexibility index (Phi) is 5.87. The average Bonchev–Trinajstić information content (AvgIpc) is 3.06. The molecular weight excluding hydrogens is 296 g/mol. The summed E-state index contributed by atoms with van der Waals surface area (Å²) in [5, 5.41) is 3.44. The molecule has 1 unspecified atom stereocenters. The average molecular weight is 323 g/mol. The number of hydrogen-bond acceptors (Lipinski definition) is 2. The van der Waals surface area contributed by atoms with Gasteiger partial charge in [0.1, 0.15) is 0 Å². The van der Waals surface area contributed by atoms with Crippen molar-refractivity contribution in [1.82, 2.24) is 10.2 Å². The van der Waals surface area contributed by atoms with Gasteiger partial charge in [-0.05, 0) is 29.7 Å². The second-order valence-corrected chi connectivity index (χ2v) is 6.96. The van der Waals surface area contributed by atoms with E-state index in [4.69, 9.17) is 0 Å². The Balaban J connectivity index is 0.00000176. The van der Waals surface area contributed by atoms with Gasteiger partial charge in [0.05, 0.1) is 0 Å². The molecule has 2 saturated heterocycles. The number of nitrogens with one attached hydrogen (secondary N) is 1. The summed E-state index contributed by atoms with van der Waals surface area (Å²) in [5.74, 6) is 2.22. The molecule has 0 aliphatic carbocycles. The molecule has 2 aliphatic rings. The first-order valence-electron chi connectivity index (χ1n) is 8.18. The van der Waals surface area contributed by atoms with Crippen molar-refractivity contribution in [2.45, 2.75) is 20.3 Å². The van der Waals surface area contributed by atoms with E-state index in [1.54, 1.807) is 0 Å². The van der Waals surface area contributed by atoms with Crippen molar-refractivity contribution in [3.05, 3.63) is 35.9 Å². The first-order chi connectivity index (χ1) is 10.1. The van der Waals surface area contributed by atoms with Crippen LogP contribution in [0.15, 0.2) is 30.3 Å². The first kappa shape index (κ1) is 17.3. The van der Waals surface area contributed by atoms with Gasteiger partial charge in [-0.25, -0.2) is 0 Å². The lowest BCUT2D eigenvalue weighted by molar-refractivity contribution is -0.136. The molecule has 3 atom stereocenters. The zero-order valence-electron chi connectivity index (χ0n) is 13.5. The van der Waals surface area contributed by atoms with E-state index in [1.807, 2.05) is 6.07 Å². The van der Waals surface area contributed by atoms with Crippen LogP contribution in [0, 0.1) is 23.7 Å². The highest BCUT2D eigenvalue weighted by Crippen LogP contribution is 2.29. The van der Waals surface area contributed by atoms with Crippen LogP contribution in [0.4, 0.5) is 0 Å². The number of nitrogens with zero attached hydrogens (tertiary/aromatic N) is 1. The summed E-state index contributed by atoms with van der Waals surface area (Å²) in [6.07, 6.45) is 0.863. The Hall–Kier alpha value is -1.06. The van der Waals surface area contributed by atoms with Gasteiger partial charge < -0.3 is 10.2 Å². The van der Waals surface area contributed by atoms with Crippen LogP contribution in [-0.4, -0.2) is 37.0 Å². The largest absolute Gasteiger partial charge is 0.342 e. The molecular formula is C18H27ClN2O.